The lowest BCUT2D eigenvalue weighted by Crippen LogP contribution is -2.19. The molecular weight excluding hydrogens is 256 g/mol. The number of sulfonamides is 1. The fourth-order valence-corrected chi connectivity index (χ4v) is 2.28. The molecule has 0 bridgehead atoms. The average molecular weight is 270 g/mol. The van der Waals surface area contributed by atoms with Crippen LogP contribution in [-0.4, -0.2) is 32.7 Å². The van der Waals surface area contributed by atoms with Crippen molar-refractivity contribution in [2.24, 2.45) is 12.2 Å². The van der Waals surface area contributed by atoms with E-state index in [0.717, 1.165) is 6.42 Å². The zero-order chi connectivity index (χ0) is 13.3. The second-order valence-corrected chi connectivity index (χ2v) is 5.38. The van der Waals surface area contributed by atoms with E-state index in [1.54, 1.807) is 17.1 Å². The van der Waals surface area contributed by atoms with Crippen LogP contribution in [0, 0.1) is 0 Å². The van der Waals surface area contributed by atoms with E-state index in [9.17, 15) is 8.42 Å². The van der Waals surface area contributed by atoms with Crippen LogP contribution < -0.4 is 5.14 Å². The second-order valence-electron chi connectivity index (χ2n) is 3.93. The average Bonchev–Trinajstić information content (AvgIpc) is 2.83. The Morgan fingerprint density at radius 2 is 2.11 bits per heavy atom. The van der Waals surface area contributed by atoms with Crippen LogP contribution in [0.15, 0.2) is 17.7 Å². The molecule has 98 valence electrons. The zero-order valence-electron chi connectivity index (χ0n) is 10.1. The Hall–Kier alpha value is -1.74. The van der Waals surface area contributed by atoms with Crippen molar-refractivity contribution in [1.29, 1.82) is 0 Å². The minimum absolute atomic E-state index is 0.231. The van der Waals surface area contributed by atoms with Crippen LogP contribution in [0.5, 0.6) is 0 Å². The van der Waals surface area contributed by atoms with Crippen molar-refractivity contribution in [2.45, 2.75) is 25.0 Å². The summed E-state index contributed by atoms with van der Waals surface area (Å²) in [7, 11) is -2.06. The number of hydrogen-bond donors (Lipinski definition) is 1. The minimum Gasteiger partial charge on any atom is -0.340 e. The molecule has 0 radical (unpaired) electrons. The number of rotatable bonds is 4. The van der Waals surface area contributed by atoms with Crippen molar-refractivity contribution in [3.05, 3.63) is 12.5 Å². The largest absolute Gasteiger partial charge is 0.340 e. The molecule has 0 fully saturated rings. The maximum Gasteiger partial charge on any atom is 0.273 e. The lowest BCUT2D eigenvalue weighted by molar-refractivity contribution is 0.559. The van der Waals surface area contributed by atoms with Gasteiger partial charge in [0.1, 0.15) is 5.69 Å². The quantitative estimate of drug-likeness (QED) is 0.823. The van der Waals surface area contributed by atoms with Gasteiger partial charge >= 0.3 is 0 Å². The molecule has 2 rings (SSSR count). The molecule has 0 saturated carbocycles. The maximum absolute atomic E-state index is 11.4. The lowest BCUT2D eigenvalue weighted by atomic mass is 10.4. The summed E-state index contributed by atoms with van der Waals surface area (Å²) in [5, 5.41) is 12.4. The van der Waals surface area contributed by atoms with Gasteiger partial charge in [-0.2, -0.15) is 0 Å². The van der Waals surface area contributed by atoms with Gasteiger partial charge in [0.05, 0.1) is 6.33 Å². The fourth-order valence-electron chi connectivity index (χ4n) is 1.64. The molecule has 0 atom stereocenters. The van der Waals surface area contributed by atoms with Crippen LogP contribution in [0.25, 0.3) is 11.5 Å². The summed E-state index contributed by atoms with van der Waals surface area (Å²) in [6, 6.07) is 0. The third-order valence-electron chi connectivity index (χ3n) is 2.35. The van der Waals surface area contributed by atoms with Gasteiger partial charge < -0.3 is 4.57 Å². The van der Waals surface area contributed by atoms with Crippen molar-refractivity contribution in [3.8, 4) is 11.5 Å². The number of primary sulfonamides is 1. The van der Waals surface area contributed by atoms with Crippen LogP contribution >= 0.6 is 0 Å². The predicted molar refractivity (Wildman–Crippen MR) is 63.9 cm³/mol. The molecule has 8 nitrogen and oxygen atoms in total. The molecule has 0 amide bonds. The normalized spacial score (nSPS) is 11.9. The summed E-state index contributed by atoms with van der Waals surface area (Å²) in [4.78, 5) is 4.13. The maximum atomic E-state index is 11.4. The smallest absolute Gasteiger partial charge is 0.273 e. The number of aromatic nitrogens is 5. The Balaban J connectivity index is 2.59. The molecule has 0 aliphatic rings. The highest BCUT2D eigenvalue weighted by Crippen LogP contribution is 2.18. The standard InChI is InChI=1S/C9H14N6O2S/c1-3-4-15-8(7-5-14(2)6-11-7)12-13-9(15)18(10,16)17/h5-6H,3-4H2,1-2H3,(H2,10,16,17). The van der Waals surface area contributed by atoms with E-state index in [1.807, 2.05) is 14.0 Å². The van der Waals surface area contributed by atoms with Crippen LogP contribution in [0.4, 0.5) is 0 Å². The number of imidazole rings is 1. The van der Waals surface area contributed by atoms with Crippen LogP contribution in [0.2, 0.25) is 0 Å². The van der Waals surface area contributed by atoms with Crippen molar-refractivity contribution < 1.29 is 8.42 Å². The minimum atomic E-state index is -3.88. The van der Waals surface area contributed by atoms with Gasteiger partial charge in [-0.25, -0.2) is 18.5 Å². The summed E-state index contributed by atoms with van der Waals surface area (Å²) in [6.45, 7) is 2.39. The van der Waals surface area contributed by atoms with E-state index in [2.05, 4.69) is 15.2 Å². The number of nitrogens with two attached hydrogens (primary N) is 1. The first-order valence-corrected chi connectivity index (χ1v) is 6.92. The van der Waals surface area contributed by atoms with Gasteiger partial charge in [0.15, 0.2) is 5.82 Å². The Bertz CT molecular complexity index is 656. The Labute approximate surface area is 105 Å². The lowest BCUT2D eigenvalue weighted by Gasteiger charge is -2.05. The first-order valence-electron chi connectivity index (χ1n) is 5.38. The van der Waals surface area contributed by atoms with Crippen LogP contribution in [0.3, 0.4) is 0 Å². The van der Waals surface area contributed by atoms with Gasteiger partial charge in [-0.1, -0.05) is 6.92 Å². The van der Waals surface area contributed by atoms with Gasteiger partial charge in [-0.05, 0) is 6.42 Å². The fraction of sp³-hybridized carbons (Fsp3) is 0.444. The molecule has 0 aliphatic heterocycles. The molecule has 0 saturated heterocycles. The third kappa shape index (κ3) is 2.27. The van der Waals surface area contributed by atoms with E-state index < -0.39 is 10.0 Å². The summed E-state index contributed by atoms with van der Waals surface area (Å²) in [6.07, 6.45) is 4.08. The predicted octanol–water partition coefficient (Wildman–Crippen LogP) is -0.264. The van der Waals surface area contributed by atoms with Crippen molar-refractivity contribution in [3.63, 3.8) is 0 Å². The zero-order valence-corrected chi connectivity index (χ0v) is 10.9. The molecule has 2 aromatic heterocycles. The molecule has 0 unspecified atom stereocenters. The molecule has 0 spiro atoms. The molecule has 0 aliphatic carbocycles. The molecule has 0 aromatic carbocycles. The first-order chi connectivity index (χ1) is 8.43. The van der Waals surface area contributed by atoms with Crippen molar-refractivity contribution in [1.82, 2.24) is 24.3 Å². The van der Waals surface area contributed by atoms with Crippen LogP contribution in [-0.2, 0) is 23.6 Å². The third-order valence-corrected chi connectivity index (χ3v) is 3.16. The molecule has 2 aromatic rings. The number of hydrogen-bond acceptors (Lipinski definition) is 5. The van der Waals surface area contributed by atoms with Crippen molar-refractivity contribution >= 4 is 10.0 Å². The summed E-state index contributed by atoms with van der Waals surface area (Å²) < 4.78 is 26.0. The van der Waals surface area contributed by atoms with Gasteiger partial charge in [-0.3, -0.25) is 4.57 Å². The van der Waals surface area contributed by atoms with Gasteiger partial charge in [0.2, 0.25) is 0 Å². The van der Waals surface area contributed by atoms with Gasteiger partial charge in [-0.15, -0.1) is 10.2 Å². The molecule has 9 heteroatoms. The van der Waals surface area contributed by atoms with E-state index >= 15 is 0 Å². The summed E-state index contributed by atoms with van der Waals surface area (Å²) >= 11 is 0. The Morgan fingerprint density at radius 1 is 1.39 bits per heavy atom. The van der Waals surface area contributed by atoms with E-state index in [1.165, 1.54) is 4.57 Å². The molecule has 2 N–H and O–H groups in total. The molecule has 2 heterocycles. The van der Waals surface area contributed by atoms with Gasteiger partial charge in [0, 0.05) is 19.8 Å². The highest BCUT2D eigenvalue weighted by Gasteiger charge is 2.22. The second kappa shape index (κ2) is 4.50. The first kappa shape index (κ1) is 12.7. The topological polar surface area (TPSA) is 109 Å². The van der Waals surface area contributed by atoms with Crippen LogP contribution in [0.1, 0.15) is 13.3 Å². The SMILES string of the molecule is CCCn1c(-c2cn(C)cn2)nnc1S(N)(=O)=O. The Kier molecular flexibility index (Phi) is 3.18. The van der Waals surface area contributed by atoms with Crippen molar-refractivity contribution in [2.75, 3.05) is 0 Å². The van der Waals surface area contributed by atoms with Gasteiger partial charge in [0.25, 0.3) is 15.2 Å². The highest BCUT2D eigenvalue weighted by molar-refractivity contribution is 7.89. The highest BCUT2D eigenvalue weighted by atomic mass is 32.2. The molecular formula is C9H14N6O2S. The molecule has 18 heavy (non-hydrogen) atoms. The number of aryl methyl sites for hydroxylation is 1. The monoisotopic (exact) mass is 270 g/mol. The van der Waals surface area contributed by atoms with E-state index in [0.29, 0.717) is 18.1 Å². The summed E-state index contributed by atoms with van der Waals surface area (Å²) in [5.41, 5.74) is 0.563. The Morgan fingerprint density at radius 3 is 2.61 bits per heavy atom. The van der Waals surface area contributed by atoms with E-state index in [4.69, 9.17) is 5.14 Å². The summed E-state index contributed by atoms with van der Waals surface area (Å²) in [5.74, 6) is 0.404. The number of nitrogens with zero attached hydrogens (tertiary/aromatic N) is 5. The van der Waals surface area contributed by atoms with E-state index in [-0.39, 0.29) is 5.16 Å².